The monoisotopic (exact) mass is 403 g/mol. The van der Waals surface area contributed by atoms with Crippen molar-refractivity contribution in [2.75, 3.05) is 60.0 Å². The van der Waals surface area contributed by atoms with Crippen LogP contribution in [0.25, 0.3) is 0 Å². The SMILES string of the molecule is CN=C(NCC(C)COCc1ccccc1)NCC(C(C)C)N1CCN(C)CC1. The first-order valence-electron chi connectivity index (χ1n) is 11.0. The van der Waals surface area contributed by atoms with Gasteiger partial charge in [-0.2, -0.15) is 0 Å². The predicted molar refractivity (Wildman–Crippen MR) is 122 cm³/mol. The third-order valence-corrected chi connectivity index (χ3v) is 5.61. The van der Waals surface area contributed by atoms with Gasteiger partial charge in [-0.25, -0.2) is 0 Å². The van der Waals surface area contributed by atoms with Gasteiger partial charge in [0, 0.05) is 52.4 Å². The molecule has 6 nitrogen and oxygen atoms in total. The van der Waals surface area contributed by atoms with Crippen LogP contribution in [0, 0.1) is 11.8 Å². The summed E-state index contributed by atoms with van der Waals surface area (Å²) in [6, 6.07) is 10.8. The predicted octanol–water partition coefficient (Wildman–Crippen LogP) is 2.28. The highest BCUT2D eigenvalue weighted by Gasteiger charge is 2.25. The maximum Gasteiger partial charge on any atom is 0.191 e. The van der Waals surface area contributed by atoms with Gasteiger partial charge in [-0.05, 0) is 24.4 Å². The number of likely N-dealkylation sites (N-methyl/N-ethyl adjacent to an activating group) is 1. The van der Waals surface area contributed by atoms with Gasteiger partial charge < -0.3 is 20.3 Å². The van der Waals surface area contributed by atoms with Crippen molar-refractivity contribution in [3.8, 4) is 0 Å². The molecule has 29 heavy (non-hydrogen) atoms. The van der Waals surface area contributed by atoms with Crippen molar-refractivity contribution in [3.63, 3.8) is 0 Å². The van der Waals surface area contributed by atoms with Crippen LogP contribution in [0.2, 0.25) is 0 Å². The molecule has 2 atom stereocenters. The molecule has 0 aliphatic carbocycles. The maximum atomic E-state index is 5.85. The topological polar surface area (TPSA) is 52.1 Å². The van der Waals surface area contributed by atoms with Crippen molar-refractivity contribution in [2.45, 2.75) is 33.4 Å². The van der Waals surface area contributed by atoms with Gasteiger partial charge in [0.25, 0.3) is 0 Å². The van der Waals surface area contributed by atoms with Gasteiger partial charge in [-0.1, -0.05) is 51.1 Å². The van der Waals surface area contributed by atoms with E-state index < -0.39 is 0 Å². The zero-order chi connectivity index (χ0) is 21.1. The average molecular weight is 404 g/mol. The molecule has 6 heteroatoms. The fourth-order valence-corrected chi connectivity index (χ4v) is 3.64. The van der Waals surface area contributed by atoms with Gasteiger partial charge in [0.2, 0.25) is 0 Å². The van der Waals surface area contributed by atoms with Crippen LogP contribution in [-0.4, -0.2) is 81.8 Å². The van der Waals surface area contributed by atoms with Crippen molar-refractivity contribution in [3.05, 3.63) is 35.9 Å². The minimum Gasteiger partial charge on any atom is -0.376 e. The van der Waals surface area contributed by atoms with E-state index in [9.17, 15) is 0 Å². The Labute approximate surface area is 177 Å². The Morgan fingerprint density at radius 1 is 1.03 bits per heavy atom. The van der Waals surface area contributed by atoms with Crippen molar-refractivity contribution in [1.82, 2.24) is 20.4 Å². The molecule has 0 bridgehead atoms. The van der Waals surface area contributed by atoms with Crippen molar-refractivity contribution >= 4 is 5.96 Å². The first-order chi connectivity index (χ1) is 14.0. The number of benzene rings is 1. The molecule has 0 aromatic heterocycles. The Hall–Kier alpha value is -1.63. The van der Waals surface area contributed by atoms with Crippen LogP contribution in [0.1, 0.15) is 26.3 Å². The van der Waals surface area contributed by atoms with Crippen LogP contribution in [0.5, 0.6) is 0 Å². The molecule has 0 saturated carbocycles. The van der Waals surface area contributed by atoms with Gasteiger partial charge >= 0.3 is 0 Å². The molecule has 1 aromatic rings. The van der Waals surface area contributed by atoms with Crippen molar-refractivity contribution in [2.24, 2.45) is 16.8 Å². The van der Waals surface area contributed by atoms with Crippen LogP contribution < -0.4 is 10.6 Å². The fraction of sp³-hybridized carbons (Fsp3) is 0.696. The largest absolute Gasteiger partial charge is 0.376 e. The van der Waals surface area contributed by atoms with Crippen LogP contribution in [0.3, 0.4) is 0 Å². The maximum absolute atomic E-state index is 5.85. The second kappa shape index (κ2) is 12.8. The smallest absolute Gasteiger partial charge is 0.191 e. The Bertz CT molecular complexity index is 584. The summed E-state index contributed by atoms with van der Waals surface area (Å²) < 4.78 is 5.85. The third kappa shape index (κ3) is 8.72. The molecular formula is C23H41N5O. The summed E-state index contributed by atoms with van der Waals surface area (Å²) in [7, 11) is 4.04. The summed E-state index contributed by atoms with van der Waals surface area (Å²) in [4.78, 5) is 9.43. The van der Waals surface area contributed by atoms with E-state index >= 15 is 0 Å². The van der Waals surface area contributed by atoms with Crippen molar-refractivity contribution < 1.29 is 4.74 Å². The van der Waals surface area contributed by atoms with Crippen LogP contribution in [0.4, 0.5) is 0 Å². The van der Waals surface area contributed by atoms with E-state index in [0.717, 1.165) is 51.8 Å². The summed E-state index contributed by atoms with van der Waals surface area (Å²) in [5.74, 6) is 1.89. The molecule has 0 amide bonds. The molecule has 2 unspecified atom stereocenters. The molecule has 1 fully saturated rings. The fourth-order valence-electron chi connectivity index (χ4n) is 3.64. The van der Waals surface area contributed by atoms with E-state index in [1.54, 1.807) is 0 Å². The number of hydrogen-bond donors (Lipinski definition) is 2. The molecule has 0 spiro atoms. The number of nitrogens with zero attached hydrogens (tertiary/aromatic N) is 3. The first kappa shape index (κ1) is 23.6. The number of hydrogen-bond acceptors (Lipinski definition) is 4. The first-order valence-corrected chi connectivity index (χ1v) is 11.0. The van der Waals surface area contributed by atoms with E-state index in [2.05, 4.69) is 65.4 Å². The lowest BCUT2D eigenvalue weighted by atomic mass is 10.0. The second-order valence-electron chi connectivity index (χ2n) is 8.59. The van der Waals surface area contributed by atoms with Crippen molar-refractivity contribution in [1.29, 1.82) is 0 Å². The normalized spacial score (nSPS) is 18.6. The molecule has 1 aliphatic rings. The summed E-state index contributed by atoms with van der Waals surface area (Å²) in [6.07, 6.45) is 0. The summed E-state index contributed by atoms with van der Waals surface area (Å²) in [5, 5.41) is 6.99. The lowest BCUT2D eigenvalue weighted by Gasteiger charge is -2.40. The molecule has 0 radical (unpaired) electrons. The number of aliphatic imine (C=N–C) groups is 1. The van der Waals surface area contributed by atoms with E-state index in [1.165, 1.54) is 5.56 Å². The van der Waals surface area contributed by atoms with Gasteiger partial charge in [0.05, 0.1) is 13.2 Å². The average Bonchev–Trinajstić information content (AvgIpc) is 2.72. The minimum atomic E-state index is 0.413. The minimum absolute atomic E-state index is 0.413. The molecule has 1 aliphatic heterocycles. The highest BCUT2D eigenvalue weighted by Crippen LogP contribution is 2.12. The molecular weight excluding hydrogens is 362 g/mol. The summed E-state index contributed by atoms with van der Waals surface area (Å²) in [6.45, 7) is 14.6. The van der Waals surface area contributed by atoms with Gasteiger partial charge in [-0.15, -0.1) is 0 Å². The molecule has 164 valence electrons. The molecule has 2 N–H and O–H groups in total. The Morgan fingerprint density at radius 3 is 2.31 bits per heavy atom. The zero-order valence-corrected chi connectivity index (χ0v) is 19.0. The number of guanidine groups is 1. The Balaban J connectivity index is 1.69. The molecule has 1 saturated heterocycles. The number of nitrogens with one attached hydrogen (secondary N) is 2. The quantitative estimate of drug-likeness (QED) is 0.464. The molecule has 1 heterocycles. The third-order valence-electron chi connectivity index (χ3n) is 5.61. The summed E-state index contributed by atoms with van der Waals surface area (Å²) in [5.41, 5.74) is 1.22. The van der Waals surface area contributed by atoms with Crippen LogP contribution >= 0.6 is 0 Å². The van der Waals surface area contributed by atoms with Crippen LogP contribution in [0.15, 0.2) is 35.3 Å². The number of rotatable bonds is 10. The van der Waals surface area contributed by atoms with E-state index in [1.807, 2.05) is 25.2 Å². The molecule has 1 aromatic carbocycles. The molecule has 2 rings (SSSR count). The lowest BCUT2D eigenvalue weighted by molar-refractivity contribution is 0.0895. The van der Waals surface area contributed by atoms with Crippen LogP contribution in [-0.2, 0) is 11.3 Å². The van der Waals surface area contributed by atoms with Gasteiger partial charge in [-0.3, -0.25) is 9.89 Å². The summed E-state index contributed by atoms with van der Waals surface area (Å²) >= 11 is 0. The highest BCUT2D eigenvalue weighted by molar-refractivity contribution is 5.79. The second-order valence-corrected chi connectivity index (χ2v) is 8.59. The van der Waals surface area contributed by atoms with Gasteiger partial charge in [0.15, 0.2) is 5.96 Å². The van der Waals surface area contributed by atoms with E-state index in [4.69, 9.17) is 4.74 Å². The Kier molecular flexibility index (Phi) is 10.5. The van der Waals surface area contributed by atoms with E-state index in [-0.39, 0.29) is 0 Å². The highest BCUT2D eigenvalue weighted by atomic mass is 16.5. The van der Waals surface area contributed by atoms with Gasteiger partial charge in [0.1, 0.15) is 0 Å². The number of piperazine rings is 1. The number of ether oxygens (including phenoxy) is 1. The Morgan fingerprint density at radius 2 is 1.69 bits per heavy atom. The lowest BCUT2D eigenvalue weighted by Crippen LogP contribution is -2.55. The zero-order valence-electron chi connectivity index (χ0n) is 19.0. The van der Waals surface area contributed by atoms with E-state index in [0.29, 0.717) is 24.5 Å². The standard InChI is InChI=1S/C23H41N5O/c1-19(2)22(28-13-11-27(5)12-14-28)16-26-23(24-4)25-15-20(3)17-29-18-21-9-7-6-8-10-21/h6-10,19-20,22H,11-18H2,1-5H3,(H2,24,25,26).